The van der Waals surface area contributed by atoms with Crippen LogP contribution < -0.4 is 4.74 Å². The van der Waals surface area contributed by atoms with Crippen LogP contribution in [0.25, 0.3) is 0 Å². The Morgan fingerprint density at radius 1 is 1.39 bits per heavy atom. The smallest absolute Gasteiger partial charge is 0.123 e. The maximum absolute atomic E-state index is 6.19. The molecule has 0 radical (unpaired) electrons. The molecule has 0 aliphatic carbocycles. The zero-order valence-electron chi connectivity index (χ0n) is 10.2. The first-order valence-corrected chi connectivity index (χ1v) is 7.91. The minimum absolute atomic E-state index is 0.0754. The molecule has 0 aliphatic rings. The van der Waals surface area contributed by atoms with Gasteiger partial charge in [-0.25, -0.2) is 0 Å². The van der Waals surface area contributed by atoms with Gasteiger partial charge in [0.05, 0.1) is 16.5 Å². The van der Waals surface area contributed by atoms with Gasteiger partial charge in [-0.1, -0.05) is 45.2 Å². The third kappa shape index (κ3) is 2.90. The molecule has 1 aromatic heterocycles. The topological polar surface area (TPSA) is 9.23 Å². The summed E-state index contributed by atoms with van der Waals surface area (Å²) in [6.45, 7) is 4.73. The summed E-state index contributed by atoms with van der Waals surface area (Å²) in [4.78, 5) is 1.19. The fraction of sp³-hybridized carbons (Fsp3) is 0.286. The average Bonchev–Trinajstić information content (AvgIpc) is 2.77. The van der Waals surface area contributed by atoms with Gasteiger partial charge in [-0.3, -0.25) is 0 Å². The molecule has 2 rings (SSSR count). The van der Waals surface area contributed by atoms with Crippen molar-refractivity contribution >= 4 is 38.9 Å². The molecule has 2 aromatic rings. The van der Waals surface area contributed by atoms with E-state index in [2.05, 4.69) is 35.0 Å². The van der Waals surface area contributed by atoms with Gasteiger partial charge in [0, 0.05) is 10.4 Å². The third-order valence-electron chi connectivity index (χ3n) is 2.61. The van der Waals surface area contributed by atoms with Crippen LogP contribution in [0.4, 0.5) is 0 Å². The Morgan fingerprint density at radius 3 is 2.78 bits per heavy atom. The summed E-state index contributed by atoms with van der Waals surface area (Å²) in [5.41, 5.74) is 2.34. The predicted octanol–water partition coefficient (Wildman–Crippen LogP) is 5.59. The van der Waals surface area contributed by atoms with E-state index >= 15 is 0 Å². The third-order valence-corrected chi connectivity index (χ3v) is 5.29. The molecule has 1 aromatic carbocycles. The fourth-order valence-corrected chi connectivity index (χ4v) is 4.00. The van der Waals surface area contributed by atoms with E-state index in [-0.39, 0.29) is 4.83 Å². The van der Waals surface area contributed by atoms with Crippen molar-refractivity contribution in [3.8, 4) is 5.75 Å². The molecule has 0 bridgehead atoms. The van der Waals surface area contributed by atoms with Gasteiger partial charge in [-0.2, -0.15) is 0 Å². The van der Waals surface area contributed by atoms with Crippen molar-refractivity contribution in [1.29, 1.82) is 0 Å². The molecular formula is C14H14BrClOS. The van der Waals surface area contributed by atoms with E-state index in [9.17, 15) is 0 Å². The van der Waals surface area contributed by atoms with E-state index in [4.69, 9.17) is 16.3 Å². The first kappa shape index (κ1) is 13.9. The van der Waals surface area contributed by atoms with Gasteiger partial charge in [-0.15, -0.1) is 11.3 Å². The van der Waals surface area contributed by atoms with E-state index < -0.39 is 0 Å². The van der Waals surface area contributed by atoms with Crippen LogP contribution in [0.2, 0.25) is 5.02 Å². The summed E-state index contributed by atoms with van der Waals surface area (Å²) in [7, 11) is 0. The minimum atomic E-state index is 0.0754. The highest BCUT2D eigenvalue weighted by Gasteiger charge is 2.19. The van der Waals surface area contributed by atoms with E-state index in [1.165, 1.54) is 5.56 Å². The van der Waals surface area contributed by atoms with Crippen LogP contribution in [-0.2, 0) is 0 Å². The molecule has 1 heterocycles. The summed E-state index contributed by atoms with van der Waals surface area (Å²) in [5.74, 6) is 0.912. The Balaban J connectivity index is 2.43. The van der Waals surface area contributed by atoms with Gasteiger partial charge >= 0.3 is 0 Å². The Kier molecular flexibility index (Phi) is 4.71. The fourth-order valence-electron chi connectivity index (χ4n) is 1.78. The maximum Gasteiger partial charge on any atom is 0.123 e. The lowest BCUT2D eigenvalue weighted by Crippen LogP contribution is -1.99. The van der Waals surface area contributed by atoms with Gasteiger partial charge in [0.25, 0.3) is 0 Å². The quantitative estimate of drug-likeness (QED) is 0.656. The second-order valence-electron chi connectivity index (χ2n) is 3.97. The lowest BCUT2D eigenvalue weighted by atomic mass is 10.1. The predicted molar refractivity (Wildman–Crippen MR) is 82.4 cm³/mol. The van der Waals surface area contributed by atoms with Crippen molar-refractivity contribution in [2.45, 2.75) is 18.7 Å². The summed E-state index contributed by atoms with van der Waals surface area (Å²) in [6, 6.07) is 8.14. The van der Waals surface area contributed by atoms with E-state index in [1.807, 2.05) is 24.4 Å². The number of rotatable bonds is 4. The molecule has 1 unspecified atom stereocenters. The molecular weight excluding hydrogens is 332 g/mol. The molecule has 1 atom stereocenters. The summed E-state index contributed by atoms with van der Waals surface area (Å²) in [5, 5.41) is 2.80. The molecule has 1 nitrogen and oxygen atoms in total. The van der Waals surface area contributed by atoms with Crippen LogP contribution >= 0.6 is 38.9 Å². The number of aryl methyl sites for hydroxylation is 1. The monoisotopic (exact) mass is 344 g/mol. The van der Waals surface area contributed by atoms with Crippen LogP contribution in [0.5, 0.6) is 5.75 Å². The molecule has 18 heavy (non-hydrogen) atoms. The minimum Gasteiger partial charge on any atom is -0.494 e. The van der Waals surface area contributed by atoms with Crippen LogP contribution in [0, 0.1) is 6.92 Å². The normalized spacial score (nSPS) is 12.4. The maximum atomic E-state index is 6.19. The van der Waals surface area contributed by atoms with E-state index in [0.717, 1.165) is 21.2 Å². The van der Waals surface area contributed by atoms with E-state index in [1.54, 1.807) is 11.3 Å². The number of alkyl halides is 1. The molecule has 0 spiro atoms. The second-order valence-corrected chi connectivity index (χ2v) is 6.24. The van der Waals surface area contributed by atoms with Gasteiger partial charge < -0.3 is 4.74 Å². The molecule has 0 amide bonds. The first-order valence-electron chi connectivity index (χ1n) is 5.73. The highest BCUT2D eigenvalue weighted by Crippen LogP contribution is 2.42. The number of ether oxygens (including phenoxy) is 1. The van der Waals surface area contributed by atoms with Crippen LogP contribution in [-0.4, -0.2) is 6.61 Å². The number of halogens is 2. The lowest BCUT2D eigenvalue weighted by Gasteiger charge is -2.15. The number of hydrogen-bond acceptors (Lipinski definition) is 2. The van der Waals surface area contributed by atoms with Crippen LogP contribution in [0.15, 0.2) is 29.6 Å². The van der Waals surface area contributed by atoms with Crippen molar-refractivity contribution in [1.82, 2.24) is 0 Å². The molecule has 0 fully saturated rings. The molecule has 0 saturated heterocycles. The molecule has 0 saturated carbocycles. The van der Waals surface area contributed by atoms with Crippen molar-refractivity contribution in [2.75, 3.05) is 6.61 Å². The molecule has 0 N–H and O–H groups in total. The van der Waals surface area contributed by atoms with Gasteiger partial charge in [0.1, 0.15) is 5.75 Å². The Hall–Kier alpha value is -0.510. The lowest BCUT2D eigenvalue weighted by molar-refractivity contribution is 0.337. The molecule has 4 heteroatoms. The number of thiophene rings is 1. The van der Waals surface area contributed by atoms with Gasteiger partial charge in [-0.05, 0) is 31.4 Å². The van der Waals surface area contributed by atoms with Gasteiger partial charge in [0.15, 0.2) is 0 Å². The van der Waals surface area contributed by atoms with Crippen molar-refractivity contribution in [3.63, 3.8) is 0 Å². The first-order chi connectivity index (χ1) is 8.63. The van der Waals surface area contributed by atoms with E-state index in [0.29, 0.717) is 6.61 Å². The Morgan fingerprint density at radius 2 is 2.17 bits per heavy atom. The standard InChI is InChI=1S/C14H14BrClOS/c1-3-17-12-5-4-9(2)8-10(12)13(15)14-11(16)6-7-18-14/h4-8,13H,3H2,1-2H3. The Labute approximate surface area is 125 Å². The summed E-state index contributed by atoms with van der Waals surface area (Å²) in [6.07, 6.45) is 0. The summed E-state index contributed by atoms with van der Waals surface area (Å²) >= 11 is 11.6. The SMILES string of the molecule is CCOc1ccc(C)cc1C(Br)c1sccc1Cl. The van der Waals surface area contributed by atoms with Crippen molar-refractivity contribution in [2.24, 2.45) is 0 Å². The zero-order chi connectivity index (χ0) is 13.1. The van der Waals surface area contributed by atoms with Crippen molar-refractivity contribution in [3.05, 3.63) is 50.7 Å². The highest BCUT2D eigenvalue weighted by atomic mass is 79.9. The van der Waals surface area contributed by atoms with Crippen LogP contribution in [0.3, 0.4) is 0 Å². The Bertz CT molecular complexity index is 538. The highest BCUT2D eigenvalue weighted by molar-refractivity contribution is 9.09. The summed E-state index contributed by atoms with van der Waals surface area (Å²) < 4.78 is 5.68. The zero-order valence-corrected chi connectivity index (χ0v) is 13.4. The number of benzene rings is 1. The molecule has 96 valence electrons. The average molecular weight is 346 g/mol. The molecule has 0 aliphatic heterocycles. The second kappa shape index (κ2) is 6.09. The van der Waals surface area contributed by atoms with Crippen molar-refractivity contribution < 1.29 is 4.74 Å². The largest absolute Gasteiger partial charge is 0.494 e. The number of hydrogen-bond donors (Lipinski definition) is 0. The van der Waals surface area contributed by atoms with Crippen LogP contribution in [0.1, 0.15) is 27.8 Å². The van der Waals surface area contributed by atoms with Gasteiger partial charge in [0.2, 0.25) is 0 Å².